The van der Waals surface area contributed by atoms with Gasteiger partial charge in [0.25, 0.3) is 0 Å². The molecule has 0 saturated carbocycles. The molecule has 0 fully saturated rings. The number of fused-ring (bicyclic) bond motifs is 1. The third kappa shape index (κ3) is 11.6. The van der Waals surface area contributed by atoms with Crippen molar-refractivity contribution in [3.8, 4) is 5.75 Å². The van der Waals surface area contributed by atoms with Crippen LogP contribution in [0.2, 0.25) is 5.02 Å². The Morgan fingerprint density at radius 2 is 1.78 bits per heavy atom. The second kappa shape index (κ2) is 15.5. The van der Waals surface area contributed by atoms with Crippen LogP contribution in [0.3, 0.4) is 0 Å². The smallest absolute Gasteiger partial charge is 0.394 e. The molecular weight excluding hydrogens is 550 g/mol. The van der Waals surface area contributed by atoms with E-state index in [0.29, 0.717) is 22.3 Å². The van der Waals surface area contributed by atoms with Crippen molar-refractivity contribution in [3.05, 3.63) is 62.2 Å². The molecule has 14 heteroatoms. The molecule has 0 aliphatic carbocycles. The van der Waals surface area contributed by atoms with Crippen LogP contribution < -0.4 is 15.5 Å². The lowest BCUT2D eigenvalue weighted by atomic mass is 10.1. The number of H-pyrrole nitrogens is 1. The maximum Gasteiger partial charge on any atom is 0.394 e. The van der Waals surface area contributed by atoms with E-state index in [1.165, 1.54) is 11.6 Å². The van der Waals surface area contributed by atoms with E-state index in [1.54, 1.807) is 6.07 Å². The molecular formula is C22H30ClN3O7S3. The summed E-state index contributed by atoms with van der Waals surface area (Å²) in [6.07, 6.45) is 1.31. The highest BCUT2D eigenvalue weighted by atomic mass is 35.5. The maximum absolute atomic E-state index is 11.6. The molecule has 1 atom stereocenters. The van der Waals surface area contributed by atoms with E-state index in [4.69, 9.17) is 29.1 Å². The molecule has 0 bridgehead atoms. The second-order valence-corrected chi connectivity index (χ2v) is 11.1. The first-order valence-corrected chi connectivity index (χ1v) is 14.8. The van der Waals surface area contributed by atoms with Crippen LogP contribution in [0, 0.1) is 0 Å². The normalized spacial score (nSPS) is 12.3. The number of hydrogen-bond acceptors (Lipinski definition) is 9. The second-order valence-electron chi connectivity index (χ2n) is 7.62. The third-order valence-corrected chi connectivity index (χ3v) is 7.25. The summed E-state index contributed by atoms with van der Waals surface area (Å²) in [6.45, 7) is 3.11. The summed E-state index contributed by atoms with van der Waals surface area (Å²) in [6, 6.07) is 11.1. The molecule has 2 aromatic carbocycles. The van der Waals surface area contributed by atoms with Gasteiger partial charge >= 0.3 is 15.3 Å². The lowest BCUT2D eigenvalue weighted by molar-refractivity contribution is 0.177. The number of aromatic nitrogens is 1. The number of nitrogens with one attached hydrogen (secondary N) is 3. The fraction of sp³-hybridized carbons (Fsp3) is 0.409. The van der Waals surface area contributed by atoms with Gasteiger partial charge in [0.15, 0.2) is 0 Å². The van der Waals surface area contributed by atoms with E-state index in [0.717, 1.165) is 60.3 Å². The molecule has 10 nitrogen and oxygen atoms in total. The van der Waals surface area contributed by atoms with Crippen LogP contribution in [0.4, 0.5) is 0 Å². The van der Waals surface area contributed by atoms with Crippen molar-refractivity contribution in [2.75, 3.05) is 37.7 Å². The Hall–Kier alpha value is -1.68. The fourth-order valence-electron chi connectivity index (χ4n) is 3.25. The molecule has 1 heterocycles. The molecule has 7 N–H and O–H groups in total. The Morgan fingerprint density at radius 3 is 2.50 bits per heavy atom. The molecule has 0 radical (unpaired) electrons. The Labute approximate surface area is 222 Å². The van der Waals surface area contributed by atoms with Crippen molar-refractivity contribution in [2.45, 2.75) is 18.9 Å². The monoisotopic (exact) mass is 579 g/mol. The molecule has 1 aromatic heterocycles. The number of aliphatic hydroxyl groups is 1. The van der Waals surface area contributed by atoms with Crippen molar-refractivity contribution < 1.29 is 27.7 Å². The van der Waals surface area contributed by atoms with Gasteiger partial charge in [-0.15, -0.1) is 0 Å². The zero-order chi connectivity index (χ0) is 26.6. The average molecular weight is 580 g/mol. The van der Waals surface area contributed by atoms with Gasteiger partial charge in [0.2, 0.25) is 0 Å². The molecule has 3 rings (SSSR count). The summed E-state index contributed by atoms with van der Waals surface area (Å²) in [5.41, 5.74) is 2.22. The number of rotatable bonds is 13. The van der Waals surface area contributed by atoms with Gasteiger partial charge in [-0.3, -0.25) is 13.9 Å². The molecule has 0 aliphatic heterocycles. The first kappa shape index (κ1) is 30.5. The number of phenolic OH excluding ortho intramolecular Hbond substituents is 1. The number of aromatic amines is 1. The summed E-state index contributed by atoms with van der Waals surface area (Å²) in [7, 11) is -4.67. The number of thioether (sulfide) groups is 1. The molecule has 3 aromatic rings. The predicted octanol–water partition coefficient (Wildman–Crippen LogP) is 2.87. The van der Waals surface area contributed by atoms with Crippen molar-refractivity contribution >= 4 is 55.3 Å². The summed E-state index contributed by atoms with van der Waals surface area (Å²) in [5, 5.41) is 27.9. The van der Waals surface area contributed by atoms with Crippen molar-refractivity contribution in [1.29, 1.82) is 0 Å². The van der Waals surface area contributed by atoms with Crippen LogP contribution in [0.25, 0.3) is 10.2 Å². The Kier molecular flexibility index (Phi) is 13.2. The van der Waals surface area contributed by atoms with E-state index in [9.17, 15) is 15.0 Å². The maximum atomic E-state index is 11.6. The van der Waals surface area contributed by atoms with Gasteiger partial charge in [0.1, 0.15) is 11.3 Å². The highest BCUT2D eigenvalue weighted by molar-refractivity contribution is 7.99. The first-order valence-electron chi connectivity index (χ1n) is 11.0. The SMILES string of the molecule is O=S(=O)(O)O.O=c1[nH]c2c(O)ccc([C@@H](O)CNCCSCCCNCCc3ccccc3Cl)c2s1. The summed E-state index contributed by atoms with van der Waals surface area (Å²) in [4.78, 5) is 13.9. The van der Waals surface area contributed by atoms with Crippen LogP contribution in [-0.2, 0) is 16.8 Å². The minimum Gasteiger partial charge on any atom is -0.506 e. The van der Waals surface area contributed by atoms with Crippen LogP contribution in [0.15, 0.2) is 41.2 Å². The van der Waals surface area contributed by atoms with Gasteiger partial charge in [0.05, 0.1) is 10.8 Å². The Bertz CT molecular complexity index is 1240. The zero-order valence-corrected chi connectivity index (χ0v) is 22.5. The highest BCUT2D eigenvalue weighted by Crippen LogP contribution is 2.31. The highest BCUT2D eigenvalue weighted by Gasteiger charge is 2.15. The molecule has 200 valence electrons. The van der Waals surface area contributed by atoms with E-state index >= 15 is 0 Å². The van der Waals surface area contributed by atoms with Crippen molar-refractivity contribution in [2.24, 2.45) is 0 Å². The largest absolute Gasteiger partial charge is 0.506 e. The van der Waals surface area contributed by atoms with Gasteiger partial charge in [-0.2, -0.15) is 20.2 Å². The van der Waals surface area contributed by atoms with Gasteiger partial charge in [-0.05, 0) is 49.4 Å². The average Bonchev–Trinajstić information content (AvgIpc) is 3.20. The standard InChI is InChI=1S/C22H28ClN3O3S2.H2O4S/c23-17-5-2-1-4-15(17)8-10-24-9-3-12-30-13-11-25-14-19(28)16-6-7-18(27)20-21(16)31-22(29)26-20;1-5(2,3)4/h1-2,4-7,19,24-25,27-28H,3,8-14H2,(H,26,29);(H2,1,2,3,4)/t19-;/m0./s1. The minimum absolute atomic E-state index is 0.0204. The minimum atomic E-state index is -4.67. The van der Waals surface area contributed by atoms with E-state index < -0.39 is 16.5 Å². The molecule has 0 amide bonds. The van der Waals surface area contributed by atoms with E-state index in [2.05, 4.69) is 21.7 Å². The van der Waals surface area contributed by atoms with Gasteiger partial charge in [-0.1, -0.05) is 47.2 Å². The lowest BCUT2D eigenvalue weighted by Crippen LogP contribution is -2.24. The number of thiazole rings is 1. The zero-order valence-electron chi connectivity index (χ0n) is 19.3. The fourth-order valence-corrected chi connectivity index (χ4v) is 5.23. The molecule has 0 spiro atoms. The lowest BCUT2D eigenvalue weighted by Gasteiger charge is -2.13. The van der Waals surface area contributed by atoms with Gasteiger partial charge in [0, 0.05) is 29.4 Å². The number of aromatic hydroxyl groups is 1. The quantitative estimate of drug-likeness (QED) is 0.118. The Balaban J connectivity index is 0.000000830. The van der Waals surface area contributed by atoms with Crippen molar-refractivity contribution in [3.63, 3.8) is 0 Å². The van der Waals surface area contributed by atoms with E-state index in [1.807, 2.05) is 30.0 Å². The number of halogens is 1. The van der Waals surface area contributed by atoms with Crippen LogP contribution in [0.5, 0.6) is 5.75 Å². The molecule has 0 aliphatic rings. The first-order chi connectivity index (χ1) is 17.1. The summed E-state index contributed by atoms with van der Waals surface area (Å²) < 4.78 is 32.2. The molecule has 0 unspecified atom stereocenters. The molecule has 0 saturated heterocycles. The van der Waals surface area contributed by atoms with Crippen LogP contribution in [-0.4, -0.2) is 70.4 Å². The summed E-state index contributed by atoms with van der Waals surface area (Å²) in [5.74, 6) is 2.07. The van der Waals surface area contributed by atoms with Crippen molar-refractivity contribution in [1.82, 2.24) is 15.6 Å². The van der Waals surface area contributed by atoms with Crippen LogP contribution in [0.1, 0.15) is 23.7 Å². The third-order valence-electron chi connectivity index (χ3n) is 4.88. The number of phenols is 1. The Morgan fingerprint density at radius 1 is 1.06 bits per heavy atom. The topological polar surface area (TPSA) is 172 Å². The van der Waals surface area contributed by atoms with Crippen LogP contribution >= 0.6 is 34.7 Å². The van der Waals surface area contributed by atoms with Gasteiger partial charge < -0.3 is 25.8 Å². The number of hydrogen-bond donors (Lipinski definition) is 7. The predicted molar refractivity (Wildman–Crippen MR) is 146 cm³/mol. The van der Waals surface area contributed by atoms with E-state index in [-0.39, 0.29) is 10.6 Å². The molecule has 36 heavy (non-hydrogen) atoms. The number of aliphatic hydroxyl groups excluding tert-OH is 1. The number of benzene rings is 2. The van der Waals surface area contributed by atoms with Gasteiger partial charge in [-0.25, -0.2) is 0 Å². The summed E-state index contributed by atoms with van der Waals surface area (Å²) >= 11 is 9.04.